The predicted molar refractivity (Wildman–Crippen MR) is 72.8 cm³/mol. The largest absolute Gasteiger partial charge is 0.482 e. The first-order valence-corrected chi connectivity index (χ1v) is 6.31. The summed E-state index contributed by atoms with van der Waals surface area (Å²) in [5, 5.41) is 12.4. The fourth-order valence-corrected chi connectivity index (χ4v) is 1.96. The normalized spacial score (nSPS) is 10.3. The average Bonchev–Trinajstić information content (AvgIpc) is 2.37. The summed E-state index contributed by atoms with van der Waals surface area (Å²) in [6.45, 7) is 0.355. The van der Waals surface area contributed by atoms with Crippen LogP contribution in [0.5, 0.6) is 5.75 Å². The van der Waals surface area contributed by atoms with Crippen LogP contribution in [0.15, 0.2) is 12.1 Å². The van der Waals surface area contributed by atoms with Crippen molar-refractivity contribution in [1.29, 1.82) is 0 Å². The summed E-state index contributed by atoms with van der Waals surface area (Å²) in [5.41, 5.74) is 0.433. The van der Waals surface area contributed by atoms with Crippen LogP contribution in [0.4, 0.5) is 0 Å². The first kappa shape index (κ1) is 16.0. The number of halogens is 2. The quantitative estimate of drug-likeness (QED) is 0.751. The number of carbonyl (C=O) groups excluding carboxylic acids is 1. The van der Waals surface area contributed by atoms with Gasteiger partial charge < -0.3 is 19.9 Å². The third kappa shape index (κ3) is 5.24. The molecule has 106 valence electrons. The number of carbonyl (C=O) groups is 1. The molecule has 0 bridgehead atoms. The molecule has 1 aromatic carbocycles. The van der Waals surface area contributed by atoms with Crippen LogP contribution in [-0.4, -0.2) is 37.9 Å². The van der Waals surface area contributed by atoms with E-state index >= 15 is 0 Å². The Balaban J connectivity index is 2.60. The van der Waals surface area contributed by atoms with E-state index in [1.165, 1.54) is 12.1 Å². The zero-order valence-electron chi connectivity index (χ0n) is 10.4. The van der Waals surface area contributed by atoms with E-state index < -0.39 is 0 Å². The first-order valence-electron chi connectivity index (χ1n) is 5.55. The molecule has 0 radical (unpaired) electrons. The number of hydrogen-bond donors (Lipinski definition) is 2. The van der Waals surface area contributed by atoms with Gasteiger partial charge in [-0.15, -0.1) is 0 Å². The highest BCUT2D eigenvalue weighted by atomic mass is 35.5. The van der Waals surface area contributed by atoms with Gasteiger partial charge in [0.15, 0.2) is 6.61 Å². The number of hydrogen-bond acceptors (Lipinski definition) is 4. The van der Waals surface area contributed by atoms with Gasteiger partial charge in [0.05, 0.1) is 18.2 Å². The summed E-state index contributed by atoms with van der Waals surface area (Å²) >= 11 is 11.8. The lowest BCUT2D eigenvalue weighted by Crippen LogP contribution is -2.31. The zero-order chi connectivity index (χ0) is 14.3. The molecule has 19 heavy (non-hydrogen) atoms. The number of ether oxygens (including phenoxy) is 2. The molecule has 5 nitrogen and oxygen atoms in total. The predicted octanol–water partition coefficient (Wildman–Crippen LogP) is 1.63. The molecule has 0 unspecified atom stereocenters. The average molecular weight is 308 g/mol. The van der Waals surface area contributed by atoms with Gasteiger partial charge in [-0.25, -0.2) is 0 Å². The molecular formula is C12H15Cl2NO4. The smallest absolute Gasteiger partial charge is 0.258 e. The minimum absolute atomic E-state index is 0.196. The molecular weight excluding hydrogens is 293 g/mol. The second kappa shape index (κ2) is 8.22. The van der Waals surface area contributed by atoms with Gasteiger partial charge >= 0.3 is 0 Å². The molecule has 0 saturated carbocycles. The van der Waals surface area contributed by atoms with Crippen molar-refractivity contribution in [1.82, 2.24) is 5.32 Å². The molecule has 1 rings (SSSR count). The Morgan fingerprint density at radius 2 is 2.16 bits per heavy atom. The van der Waals surface area contributed by atoms with Crippen LogP contribution in [0, 0.1) is 0 Å². The van der Waals surface area contributed by atoms with Crippen molar-refractivity contribution in [2.45, 2.75) is 6.61 Å². The van der Waals surface area contributed by atoms with Crippen LogP contribution >= 0.6 is 23.2 Å². The van der Waals surface area contributed by atoms with Crippen LogP contribution in [0.25, 0.3) is 0 Å². The highest BCUT2D eigenvalue weighted by Gasteiger charge is 2.12. The summed E-state index contributed by atoms with van der Waals surface area (Å²) < 4.78 is 10.1. The molecule has 0 fully saturated rings. The van der Waals surface area contributed by atoms with Gasteiger partial charge in [0.25, 0.3) is 5.91 Å². The van der Waals surface area contributed by atoms with E-state index in [0.29, 0.717) is 23.7 Å². The molecule has 1 aromatic rings. The Bertz CT molecular complexity index is 440. The molecule has 0 aromatic heterocycles. The lowest BCUT2D eigenvalue weighted by molar-refractivity contribution is -0.123. The summed E-state index contributed by atoms with van der Waals surface area (Å²) in [6, 6.07) is 3.02. The van der Waals surface area contributed by atoms with Gasteiger partial charge in [0.1, 0.15) is 5.75 Å². The number of aliphatic hydroxyl groups excluding tert-OH is 1. The molecule has 0 aliphatic carbocycles. The third-order valence-electron chi connectivity index (χ3n) is 2.23. The van der Waals surface area contributed by atoms with Gasteiger partial charge in [0, 0.05) is 24.2 Å². The maximum absolute atomic E-state index is 11.4. The van der Waals surface area contributed by atoms with E-state index in [-0.39, 0.29) is 29.9 Å². The van der Waals surface area contributed by atoms with E-state index in [9.17, 15) is 9.90 Å². The molecule has 2 N–H and O–H groups in total. The van der Waals surface area contributed by atoms with Crippen molar-refractivity contribution < 1.29 is 19.4 Å². The number of aliphatic hydroxyl groups is 1. The minimum Gasteiger partial charge on any atom is -0.482 e. The topological polar surface area (TPSA) is 67.8 Å². The Morgan fingerprint density at radius 1 is 1.42 bits per heavy atom. The van der Waals surface area contributed by atoms with E-state index in [4.69, 9.17) is 32.7 Å². The fourth-order valence-electron chi connectivity index (χ4n) is 1.37. The highest BCUT2D eigenvalue weighted by molar-refractivity contribution is 6.35. The van der Waals surface area contributed by atoms with Crippen molar-refractivity contribution in [3.8, 4) is 5.75 Å². The van der Waals surface area contributed by atoms with Gasteiger partial charge in [-0.2, -0.15) is 0 Å². The van der Waals surface area contributed by atoms with Gasteiger partial charge in [-0.1, -0.05) is 23.2 Å². The van der Waals surface area contributed by atoms with Crippen molar-refractivity contribution in [3.63, 3.8) is 0 Å². The van der Waals surface area contributed by atoms with Gasteiger partial charge in [0.2, 0.25) is 0 Å². The maximum Gasteiger partial charge on any atom is 0.258 e. The maximum atomic E-state index is 11.4. The van der Waals surface area contributed by atoms with Crippen LogP contribution < -0.4 is 10.1 Å². The number of methoxy groups -OCH3 is 1. The van der Waals surface area contributed by atoms with Crippen LogP contribution in [-0.2, 0) is 16.1 Å². The fraction of sp³-hybridized carbons (Fsp3) is 0.417. The number of rotatable bonds is 7. The lowest BCUT2D eigenvalue weighted by atomic mass is 10.2. The van der Waals surface area contributed by atoms with Crippen molar-refractivity contribution in [3.05, 3.63) is 27.7 Å². The molecule has 1 amide bonds. The minimum atomic E-state index is -0.299. The molecule has 0 heterocycles. The van der Waals surface area contributed by atoms with Crippen LogP contribution in [0.2, 0.25) is 10.0 Å². The summed E-state index contributed by atoms with van der Waals surface area (Å²) in [5.74, 6) is -0.0394. The SMILES string of the molecule is COCCNC(=O)COc1c(Cl)cc(Cl)cc1CO. The Kier molecular flexibility index (Phi) is 6.94. The van der Waals surface area contributed by atoms with Gasteiger partial charge in [-0.3, -0.25) is 4.79 Å². The molecule has 0 saturated heterocycles. The number of amides is 1. The zero-order valence-corrected chi connectivity index (χ0v) is 11.9. The summed E-state index contributed by atoms with van der Waals surface area (Å²) in [6.07, 6.45) is 0. The van der Waals surface area contributed by atoms with Gasteiger partial charge in [-0.05, 0) is 12.1 Å². The standard InChI is InChI=1S/C12H15Cl2NO4/c1-18-3-2-15-11(17)7-19-12-8(6-16)4-9(13)5-10(12)14/h4-5,16H,2-3,6-7H2,1H3,(H,15,17). The first-order chi connectivity index (χ1) is 9.08. The monoisotopic (exact) mass is 307 g/mol. The molecule has 7 heteroatoms. The second-order valence-electron chi connectivity index (χ2n) is 3.67. The molecule has 0 spiro atoms. The molecule has 0 atom stereocenters. The van der Waals surface area contributed by atoms with E-state index in [0.717, 1.165) is 0 Å². The van der Waals surface area contributed by atoms with E-state index in [1.807, 2.05) is 0 Å². The highest BCUT2D eigenvalue weighted by Crippen LogP contribution is 2.32. The number of benzene rings is 1. The summed E-state index contributed by atoms with van der Waals surface area (Å²) in [4.78, 5) is 11.4. The number of nitrogens with one attached hydrogen (secondary N) is 1. The Labute approximate surface area is 121 Å². The van der Waals surface area contributed by atoms with Crippen molar-refractivity contribution >= 4 is 29.1 Å². The third-order valence-corrected chi connectivity index (χ3v) is 2.73. The molecule has 0 aliphatic rings. The van der Waals surface area contributed by atoms with Crippen molar-refractivity contribution in [2.24, 2.45) is 0 Å². The lowest BCUT2D eigenvalue weighted by Gasteiger charge is -2.12. The van der Waals surface area contributed by atoms with Crippen molar-refractivity contribution in [2.75, 3.05) is 26.9 Å². The van der Waals surface area contributed by atoms with E-state index in [2.05, 4.69) is 5.32 Å². The van der Waals surface area contributed by atoms with Crippen LogP contribution in [0.1, 0.15) is 5.56 Å². The molecule has 0 aliphatic heterocycles. The second-order valence-corrected chi connectivity index (χ2v) is 4.51. The van der Waals surface area contributed by atoms with E-state index in [1.54, 1.807) is 7.11 Å². The Morgan fingerprint density at radius 3 is 2.79 bits per heavy atom. The summed E-state index contributed by atoms with van der Waals surface area (Å²) in [7, 11) is 1.55. The van der Waals surface area contributed by atoms with Crippen LogP contribution in [0.3, 0.4) is 0 Å². The Hall–Kier alpha value is -1.01.